The van der Waals surface area contributed by atoms with Crippen LogP contribution in [0.15, 0.2) is 54.4 Å². The Labute approximate surface area is 335 Å². The minimum Gasteiger partial charge on any atom is -0.512 e. The minimum absolute atomic E-state index is 0. The third-order valence-corrected chi connectivity index (χ3v) is 10.5. The van der Waals surface area contributed by atoms with Crippen molar-refractivity contribution < 1.29 is 34.7 Å². The summed E-state index contributed by atoms with van der Waals surface area (Å²) < 4.78 is 6.83. The molecule has 1 aromatic heterocycles. The van der Waals surface area contributed by atoms with E-state index in [2.05, 4.69) is 105 Å². The molecule has 0 fully saturated rings. The van der Waals surface area contributed by atoms with Gasteiger partial charge in [-0.15, -0.1) is 17.5 Å². The first-order chi connectivity index (χ1) is 24.1. The number of aliphatic hydroxyl groups is 1. The van der Waals surface area contributed by atoms with Crippen LogP contribution in [-0.2, 0) is 44.2 Å². The van der Waals surface area contributed by atoms with E-state index < -0.39 is 0 Å². The number of rotatable bonds is 10. The molecule has 0 saturated heterocycles. The molecular formula is C48H66IrNO3-. The van der Waals surface area contributed by atoms with Gasteiger partial charge in [0.15, 0.2) is 5.78 Å². The van der Waals surface area contributed by atoms with E-state index in [0.29, 0.717) is 0 Å². The molecule has 53 heavy (non-hydrogen) atoms. The molecule has 1 aliphatic rings. The molecule has 4 aromatic rings. The summed E-state index contributed by atoms with van der Waals surface area (Å²) >= 11 is 0. The van der Waals surface area contributed by atoms with Gasteiger partial charge in [-0.25, -0.2) is 0 Å². The summed E-state index contributed by atoms with van der Waals surface area (Å²) in [6.45, 7) is 30.7. The Hall–Kier alpha value is -3.01. The fraction of sp³-hybridized carbons (Fsp3) is 0.542. The van der Waals surface area contributed by atoms with Gasteiger partial charge in [-0.1, -0.05) is 137 Å². The number of hydrogen-bond acceptors (Lipinski definition) is 4. The second-order valence-electron chi connectivity index (χ2n) is 19.1. The standard InChI is InChI=1S/C34H40NO.C14H26O2.Ir/c1-32(2,3)18-21-10-11-25-24(14-21)17-26-30-29-23(12-13-35-30)15-22(19-33(4,5)6)16-28(29)36-31(26)27(25)20-34(7,8)9;1-6-11(7-2)12(15)10-13(16)14(5,8-3)9-4;/h10-16H,18-20H2,1-9H3;10-11,16H,6-9H2,1-5H3;/q-1;;/b;13-10-;. The monoisotopic (exact) mass is 897 g/mol. The van der Waals surface area contributed by atoms with Crippen LogP contribution in [0, 0.1) is 33.6 Å². The van der Waals surface area contributed by atoms with Gasteiger partial charge in [-0.2, -0.15) is 0 Å². The van der Waals surface area contributed by atoms with E-state index in [0.717, 1.165) is 78.5 Å². The van der Waals surface area contributed by atoms with E-state index in [1.165, 1.54) is 33.5 Å². The summed E-state index contributed by atoms with van der Waals surface area (Å²) in [5.41, 5.74) is 6.21. The van der Waals surface area contributed by atoms with E-state index in [1.807, 2.05) is 40.8 Å². The summed E-state index contributed by atoms with van der Waals surface area (Å²) in [6, 6.07) is 17.3. The summed E-state index contributed by atoms with van der Waals surface area (Å²) in [4.78, 5) is 16.8. The first kappa shape index (κ1) is 44.4. The van der Waals surface area contributed by atoms with Gasteiger partial charge in [0.1, 0.15) is 11.5 Å². The molecule has 1 aliphatic heterocycles. The van der Waals surface area contributed by atoms with Crippen LogP contribution in [0.1, 0.15) is 139 Å². The predicted octanol–water partition coefficient (Wildman–Crippen LogP) is 14.0. The fourth-order valence-electron chi connectivity index (χ4n) is 7.29. The smallest absolute Gasteiger partial charge is 0.162 e. The second kappa shape index (κ2) is 17.2. The van der Waals surface area contributed by atoms with E-state index in [-0.39, 0.29) is 59.2 Å². The van der Waals surface area contributed by atoms with Crippen LogP contribution in [0.2, 0.25) is 0 Å². The zero-order valence-electron chi connectivity index (χ0n) is 35.2. The average Bonchev–Trinajstić information content (AvgIpc) is 3.03. The summed E-state index contributed by atoms with van der Waals surface area (Å²) in [5.74, 6) is 2.22. The Balaban J connectivity index is 0.000000379. The number of carbonyl (C=O) groups excluding carboxylic acids is 1. The van der Waals surface area contributed by atoms with E-state index in [4.69, 9.17) is 9.72 Å². The Morgan fingerprint density at radius 3 is 1.94 bits per heavy atom. The van der Waals surface area contributed by atoms with Crippen LogP contribution < -0.4 is 4.74 Å². The summed E-state index contributed by atoms with van der Waals surface area (Å²) in [5, 5.41) is 14.7. The Bertz CT molecular complexity index is 1930. The zero-order valence-corrected chi connectivity index (χ0v) is 37.6. The molecule has 3 aromatic carbocycles. The number of ether oxygens (including phenoxy) is 1. The number of benzene rings is 3. The van der Waals surface area contributed by atoms with Gasteiger partial charge in [-0.05, 0) is 84.3 Å². The number of nitrogens with zero attached hydrogens (tertiary/aromatic N) is 1. The maximum Gasteiger partial charge on any atom is 0.162 e. The van der Waals surface area contributed by atoms with Gasteiger partial charge in [0.2, 0.25) is 0 Å². The number of pyridine rings is 1. The van der Waals surface area contributed by atoms with Crippen LogP contribution >= 0.6 is 0 Å². The quantitative estimate of drug-likeness (QED) is 0.0862. The minimum atomic E-state index is -0.248. The molecule has 1 radical (unpaired) electrons. The van der Waals surface area contributed by atoms with E-state index >= 15 is 0 Å². The molecule has 1 N–H and O–H groups in total. The molecule has 0 unspecified atom stereocenters. The van der Waals surface area contributed by atoms with Crippen molar-refractivity contribution in [3.05, 3.63) is 77.2 Å². The fourth-order valence-corrected chi connectivity index (χ4v) is 7.29. The average molecular weight is 897 g/mol. The van der Waals surface area contributed by atoms with E-state index in [9.17, 15) is 9.90 Å². The number of carbonyl (C=O) groups is 1. The molecule has 4 nitrogen and oxygen atoms in total. The van der Waals surface area contributed by atoms with Gasteiger partial charge < -0.3 is 9.84 Å². The molecule has 5 rings (SSSR count). The molecule has 291 valence electrons. The molecule has 0 aliphatic carbocycles. The van der Waals surface area contributed by atoms with Gasteiger partial charge in [0.25, 0.3) is 0 Å². The number of ketones is 1. The van der Waals surface area contributed by atoms with Crippen LogP contribution in [0.4, 0.5) is 0 Å². The molecule has 0 saturated carbocycles. The first-order valence-electron chi connectivity index (χ1n) is 19.7. The van der Waals surface area contributed by atoms with Crippen LogP contribution in [0.25, 0.3) is 32.8 Å². The van der Waals surface area contributed by atoms with E-state index in [1.54, 1.807) is 0 Å². The molecule has 0 amide bonds. The van der Waals surface area contributed by atoms with Gasteiger partial charge in [0, 0.05) is 54.8 Å². The van der Waals surface area contributed by atoms with Crippen LogP contribution in [0.5, 0.6) is 11.5 Å². The number of fused-ring (bicyclic) bond motifs is 3. The Morgan fingerprint density at radius 2 is 1.40 bits per heavy atom. The van der Waals surface area contributed by atoms with Gasteiger partial charge in [0.05, 0.1) is 5.75 Å². The molecule has 2 heterocycles. The maximum atomic E-state index is 11.9. The summed E-state index contributed by atoms with van der Waals surface area (Å²) in [6.07, 6.45) is 9.73. The maximum absolute atomic E-state index is 11.9. The SMILES string of the molecule is CC(C)(C)Cc1ccc2c(CC(C)(C)C)c3c([c-]c2c1)-c1nccc2cc(CC(C)(C)C)cc(c12)O3.CCC(CC)C(=O)/C=C(\O)C(C)(CC)CC.[Ir]. The number of hydrogen-bond donors (Lipinski definition) is 1. The normalized spacial score (nSPS) is 13.3. The van der Waals surface area contributed by atoms with Crippen molar-refractivity contribution in [1.82, 2.24) is 4.98 Å². The first-order valence-corrected chi connectivity index (χ1v) is 19.7. The van der Waals surface area contributed by atoms with Crippen LogP contribution in [-0.4, -0.2) is 15.9 Å². The summed E-state index contributed by atoms with van der Waals surface area (Å²) in [7, 11) is 0. The Morgan fingerprint density at radius 1 is 0.811 bits per heavy atom. The number of aromatic nitrogens is 1. The third-order valence-electron chi connectivity index (χ3n) is 10.5. The molecular weight excluding hydrogens is 831 g/mol. The molecule has 0 atom stereocenters. The van der Waals surface area contributed by atoms with Gasteiger partial charge >= 0.3 is 0 Å². The number of aliphatic hydroxyl groups excluding tert-OH is 1. The predicted molar refractivity (Wildman–Crippen MR) is 222 cm³/mol. The van der Waals surface area contributed by atoms with Crippen molar-refractivity contribution >= 4 is 27.3 Å². The van der Waals surface area contributed by atoms with Crippen LogP contribution in [0.3, 0.4) is 0 Å². The zero-order chi connectivity index (χ0) is 38.8. The number of allylic oxidation sites excluding steroid dienone is 2. The van der Waals surface area contributed by atoms with Crippen molar-refractivity contribution in [3.8, 4) is 22.8 Å². The largest absolute Gasteiger partial charge is 0.512 e. The topological polar surface area (TPSA) is 59.4 Å². The second-order valence-corrected chi connectivity index (χ2v) is 19.1. The molecule has 5 heteroatoms. The van der Waals surface area contributed by atoms with Crippen molar-refractivity contribution in [2.24, 2.45) is 27.6 Å². The van der Waals surface area contributed by atoms with Crippen molar-refractivity contribution in [2.75, 3.05) is 0 Å². The molecule has 0 spiro atoms. The Kier molecular flexibility index (Phi) is 14.4. The van der Waals surface area contributed by atoms with Crippen molar-refractivity contribution in [2.45, 2.75) is 142 Å². The third kappa shape index (κ3) is 11.0. The molecule has 0 bridgehead atoms. The van der Waals surface area contributed by atoms with Gasteiger partial charge in [-0.3, -0.25) is 9.78 Å². The van der Waals surface area contributed by atoms with Crippen molar-refractivity contribution in [1.29, 1.82) is 0 Å². The van der Waals surface area contributed by atoms with Crippen molar-refractivity contribution in [3.63, 3.8) is 0 Å².